The molecule has 0 radical (unpaired) electrons. The van der Waals surface area contributed by atoms with E-state index in [1.165, 1.54) is 33.0 Å². The van der Waals surface area contributed by atoms with E-state index in [-0.39, 0.29) is 0 Å². The van der Waals surface area contributed by atoms with Gasteiger partial charge < -0.3 is 4.42 Å². The normalized spacial score (nSPS) is 11.4. The summed E-state index contributed by atoms with van der Waals surface area (Å²) in [5.74, 6) is 1.76. The van der Waals surface area contributed by atoms with Crippen molar-refractivity contribution in [3.63, 3.8) is 0 Å². The molecule has 2 heterocycles. The van der Waals surface area contributed by atoms with Crippen molar-refractivity contribution in [2.75, 3.05) is 0 Å². The van der Waals surface area contributed by atoms with Crippen LogP contribution < -0.4 is 0 Å². The molecular formula is C61H39N3O. The van der Waals surface area contributed by atoms with Gasteiger partial charge in [0.05, 0.1) is 0 Å². The summed E-state index contributed by atoms with van der Waals surface area (Å²) in [7, 11) is 0. The van der Waals surface area contributed by atoms with Crippen molar-refractivity contribution in [3.05, 3.63) is 237 Å². The maximum absolute atomic E-state index is 6.88. The third-order valence-electron chi connectivity index (χ3n) is 12.4. The zero-order valence-electron chi connectivity index (χ0n) is 35.3. The quantitative estimate of drug-likeness (QED) is 0.153. The number of furan rings is 1. The van der Waals surface area contributed by atoms with Gasteiger partial charge in [0.1, 0.15) is 11.2 Å². The second-order valence-corrected chi connectivity index (χ2v) is 16.3. The van der Waals surface area contributed by atoms with Gasteiger partial charge in [-0.3, -0.25) is 0 Å². The van der Waals surface area contributed by atoms with Crippen molar-refractivity contribution in [3.8, 4) is 89.8 Å². The summed E-state index contributed by atoms with van der Waals surface area (Å²) in [4.78, 5) is 15.7. The number of aromatic nitrogens is 3. The lowest BCUT2D eigenvalue weighted by Gasteiger charge is -2.12. The molecule has 10 aromatic carbocycles. The van der Waals surface area contributed by atoms with E-state index in [0.29, 0.717) is 17.5 Å². The fourth-order valence-corrected chi connectivity index (χ4v) is 9.17. The maximum atomic E-state index is 6.88. The van der Waals surface area contributed by atoms with Crippen molar-refractivity contribution in [2.24, 2.45) is 0 Å². The molecule has 0 atom stereocenters. The first-order chi connectivity index (χ1) is 32.2. The minimum absolute atomic E-state index is 0.575. The average molecular weight is 830 g/mol. The van der Waals surface area contributed by atoms with Crippen molar-refractivity contribution < 1.29 is 4.42 Å². The first-order valence-corrected chi connectivity index (χ1v) is 21.9. The highest BCUT2D eigenvalue weighted by molar-refractivity contribution is 6.17. The number of hydrogen-bond donors (Lipinski definition) is 0. The van der Waals surface area contributed by atoms with E-state index in [0.717, 1.165) is 72.0 Å². The molecule has 0 fully saturated rings. The summed E-state index contributed by atoms with van der Waals surface area (Å²) in [6.07, 6.45) is 0. The molecule has 2 aromatic heterocycles. The third-order valence-corrected chi connectivity index (χ3v) is 12.4. The predicted molar refractivity (Wildman–Crippen MR) is 268 cm³/mol. The van der Waals surface area contributed by atoms with Crippen LogP contribution in [0.15, 0.2) is 241 Å². The Morgan fingerprint density at radius 3 is 1.34 bits per heavy atom. The molecule has 4 heteroatoms. The predicted octanol–water partition coefficient (Wildman–Crippen LogP) is 16.3. The van der Waals surface area contributed by atoms with Gasteiger partial charge in [0.25, 0.3) is 0 Å². The van der Waals surface area contributed by atoms with Crippen molar-refractivity contribution >= 4 is 32.7 Å². The lowest BCUT2D eigenvalue weighted by Crippen LogP contribution is -2.00. The van der Waals surface area contributed by atoms with E-state index in [1.54, 1.807) is 0 Å². The van der Waals surface area contributed by atoms with Crippen LogP contribution in [0.4, 0.5) is 0 Å². The van der Waals surface area contributed by atoms with Crippen LogP contribution in [-0.2, 0) is 0 Å². The maximum Gasteiger partial charge on any atom is 0.164 e. The van der Waals surface area contributed by atoms with Crippen LogP contribution in [0.2, 0.25) is 0 Å². The topological polar surface area (TPSA) is 51.8 Å². The first kappa shape index (κ1) is 38.0. The van der Waals surface area contributed by atoms with Gasteiger partial charge in [-0.25, -0.2) is 15.0 Å². The van der Waals surface area contributed by atoms with Gasteiger partial charge in [-0.05, 0) is 73.0 Å². The van der Waals surface area contributed by atoms with E-state index in [1.807, 2.05) is 24.3 Å². The molecule has 4 nitrogen and oxygen atoms in total. The molecule has 0 spiro atoms. The number of benzene rings is 10. The van der Waals surface area contributed by atoms with E-state index in [2.05, 4.69) is 212 Å². The standard InChI is InChI=1S/C61H39N3O/c1-4-15-40(16-5-1)42-29-31-44(32-30-42)47-21-12-22-48(39-47)60-62-59(46-35-33-43(34-36-46)41-17-6-2-7-18-41)63-61(64-60)55-27-14-28-56-57(55)54-26-13-25-53(58(54)65-56)52-38-37-49(45-19-8-3-9-20-45)50-23-10-11-24-51(50)52/h1-39H. The Morgan fingerprint density at radius 2 is 0.677 bits per heavy atom. The third kappa shape index (κ3) is 7.04. The lowest BCUT2D eigenvalue weighted by atomic mass is 9.91. The Balaban J connectivity index is 1.00. The number of rotatable bonds is 8. The molecule has 0 N–H and O–H groups in total. The molecule has 0 bridgehead atoms. The molecule has 65 heavy (non-hydrogen) atoms. The summed E-state index contributed by atoms with van der Waals surface area (Å²) in [5.41, 5.74) is 15.7. The summed E-state index contributed by atoms with van der Waals surface area (Å²) < 4.78 is 6.88. The second kappa shape index (κ2) is 16.2. The van der Waals surface area contributed by atoms with Gasteiger partial charge in [-0.15, -0.1) is 0 Å². The van der Waals surface area contributed by atoms with E-state index >= 15 is 0 Å². The van der Waals surface area contributed by atoms with E-state index in [9.17, 15) is 0 Å². The SMILES string of the molecule is c1ccc(-c2ccc(-c3cccc(-c4nc(-c5ccc(-c6ccccc6)cc5)nc(-c5cccc6oc7c(-c8ccc(-c9ccccc9)c9ccccc89)cccc7c56)n4)c3)cc2)cc1. The molecule has 0 saturated carbocycles. The molecule has 0 amide bonds. The van der Waals surface area contributed by atoms with Crippen LogP contribution in [-0.4, -0.2) is 15.0 Å². The zero-order valence-corrected chi connectivity index (χ0v) is 35.3. The summed E-state index contributed by atoms with van der Waals surface area (Å²) in [6, 6.07) is 82.8. The number of hydrogen-bond acceptors (Lipinski definition) is 4. The smallest absolute Gasteiger partial charge is 0.164 e. The monoisotopic (exact) mass is 829 g/mol. The molecular weight excluding hydrogens is 791 g/mol. The van der Waals surface area contributed by atoms with E-state index < -0.39 is 0 Å². The summed E-state index contributed by atoms with van der Waals surface area (Å²) in [5, 5.41) is 4.33. The van der Waals surface area contributed by atoms with Crippen LogP contribution in [0.5, 0.6) is 0 Å². The summed E-state index contributed by atoms with van der Waals surface area (Å²) in [6.45, 7) is 0. The fourth-order valence-electron chi connectivity index (χ4n) is 9.17. The van der Waals surface area contributed by atoms with Crippen molar-refractivity contribution in [1.29, 1.82) is 0 Å². The molecule has 12 rings (SSSR count). The zero-order chi connectivity index (χ0) is 43.1. The van der Waals surface area contributed by atoms with Crippen LogP contribution in [0.3, 0.4) is 0 Å². The average Bonchev–Trinajstić information content (AvgIpc) is 3.79. The Hall–Kier alpha value is -8.73. The van der Waals surface area contributed by atoms with Crippen molar-refractivity contribution in [1.82, 2.24) is 15.0 Å². The van der Waals surface area contributed by atoms with Gasteiger partial charge in [-0.2, -0.15) is 0 Å². The van der Waals surface area contributed by atoms with Gasteiger partial charge >= 0.3 is 0 Å². The molecule has 0 aliphatic heterocycles. The van der Waals surface area contributed by atoms with Gasteiger partial charge in [0.2, 0.25) is 0 Å². The number of para-hydroxylation sites is 1. The second-order valence-electron chi connectivity index (χ2n) is 16.3. The lowest BCUT2D eigenvalue weighted by molar-refractivity contribution is 0.670. The Bertz CT molecular complexity index is 3670. The van der Waals surface area contributed by atoms with Crippen LogP contribution in [0, 0.1) is 0 Å². The Morgan fingerprint density at radius 1 is 0.246 bits per heavy atom. The highest BCUT2D eigenvalue weighted by Gasteiger charge is 2.21. The highest BCUT2D eigenvalue weighted by atomic mass is 16.3. The summed E-state index contributed by atoms with van der Waals surface area (Å²) >= 11 is 0. The van der Waals surface area contributed by atoms with E-state index in [4.69, 9.17) is 19.4 Å². The minimum Gasteiger partial charge on any atom is -0.455 e. The van der Waals surface area contributed by atoms with Crippen LogP contribution >= 0.6 is 0 Å². The highest BCUT2D eigenvalue weighted by Crippen LogP contribution is 2.43. The molecule has 0 unspecified atom stereocenters. The molecule has 12 aromatic rings. The Labute approximate surface area is 376 Å². The van der Waals surface area contributed by atoms with Gasteiger partial charge in [0.15, 0.2) is 17.5 Å². The fraction of sp³-hybridized carbons (Fsp3) is 0. The minimum atomic E-state index is 0.575. The number of nitrogens with zero attached hydrogens (tertiary/aromatic N) is 3. The molecule has 304 valence electrons. The first-order valence-electron chi connectivity index (χ1n) is 21.9. The largest absolute Gasteiger partial charge is 0.455 e. The number of fused-ring (bicyclic) bond motifs is 4. The van der Waals surface area contributed by atoms with Gasteiger partial charge in [0, 0.05) is 33.0 Å². The van der Waals surface area contributed by atoms with Crippen LogP contribution in [0.25, 0.3) is 123 Å². The Kier molecular flexibility index (Phi) is 9.46. The van der Waals surface area contributed by atoms with Crippen molar-refractivity contribution in [2.45, 2.75) is 0 Å². The molecule has 0 saturated heterocycles. The van der Waals surface area contributed by atoms with Gasteiger partial charge in [-0.1, -0.05) is 224 Å². The molecule has 0 aliphatic rings. The van der Waals surface area contributed by atoms with Crippen LogP contribution in [0.1, 0.15) is 0 Å². The molecule has 0 aliphatic carbocycles.